The molecule has 10 heteroatoms. The Hall–Kier alpha value is -2.91. The normalized spacial score (nSPS) is 16.2. The van der Waals surface area contributed by atoms with E-state index in [0.717, 1.165) is 17.4 Å². The van der Waals surface area contributed by atoms with Gasteiger partial charge < -0.3 is 9.64 Å². The van der Waals surface area contributed by atoms with Crippen molar-refractivity contribution in [2.24, 2.45) is 0 Å². The van der Waals surface area contributed by atoms with E-state index in [2.05, 4.69) is 20.3 Å². The molecule has 1 fully saturated rings. The van der Waals surface area contributed by atoms with Crippen molar-refractivity contribution in [1.82, 2.24) is 24.8 Å². The molecule has 3 aromatic heterocycles. The lowest BCUT2D eigenvalue weighted by Gasteiger charge is -2.32. The Morgan fingerprint density at radius 2 is 1.85 bits per heavy atom. The van der Waals surface area contributed by atoms with Gasteiger partial charge in [-0.25, -0.2) is 4.98 Å². The maximum absolute atomic E-state index is 13.0. The standard InChI is InChI=1S/C16H15F3N6O/c17-16(18,19)15-22-21-12-4-5-13(23-25(12)15)24-9-6-11(7-10-24)26-14-3-1-2-8-20-14/h1-5,8,11H,6-7,9-10H2. The minimum atomic E-state index is -4.60. The summed E-state index contributed by atoms with van der Waals surface area (Å²) in [5.74, 6) is -0.0911. The zero-order valence-corrected chi connectivity index (χ0v) is 13.6. The highest BCUT2D eigenvalue weighted by molar-refractivity contribution is 5.46. The molecule has 0 aliphatic carbocycles. The first-order chi connectivity index (χ1) is 12.5. The van der Waals surface area contributed by atoms with Crippen LogP contribution in [0.1, 0.15) is 18.7 Å². The number of pyridine rings is 1. The Morgan fingerprint density at radius 3 is 2.54 bits per heavy atom. The van der Waals surface area contributed by atoms with Gasteiger partial charge in [0.15, 0.2) is 5.65 Å². The molecule has 0 N–H and O–H groups in total. The number of halogens is 3. The van der Waals surface area contributed by atoms with Crippen LogP contribution in [0.2, 0.25) is 0 Å². The van der Waals surface area contributed by atoms with Gasteiger partial charge in [0.25, 0.3) is 5.82 Å². The predicted octanol–water partition coefficient (Wildman–Crippen LogP) is 2.59. The summed E-state index contributed by atoms with van der Waals surface area (Å²) >= 11 is 0. The summed E-state index contributed by atoms with van der Waals surface area (Å²) in [6.07, 6.45) is -1.46. The number of hydrogen-bond acceptors (Lipinski definition) is 6. The summed E-state index contributed by atoms with van der Waals surface area (Å²) in [6, 6.07) is 8.61. The fourth-order valence-electron chi connectivity index (χ4n) is 2.91. The number of hydrogen-bond donors (Lipinski definition) is 0. The third-order valence-electron chi connectivity index (χ3n) is 4.19. The molecule has 0 spiro atoms. The summed E-state index contributed by atoms with van der Waals surface area (Å²) in [6.45, 7) is 1.25. The maximum Gasteiger partial charge on any atom is 0.453 e. The molecule has 3 aromatic rings. The van der Waals surface area contributed by atoms with Crippen molar-refractivity contribution in [3.63, 3.8) is 0 Å². The fourth-order valence-corrected chi connectivity index (χ4v) is 2.91. The van der Waals surface area contributed by atoms with Crippen LogP contribution in [0.3, 0.4) is 0 Å². The van der Waals surface area contributed by atoms with E-state index in [4.69, 9.17) is 4.74 Å². The molecule has 1 saturated heterocycles. The monoisotopic (exact) mass is 364 g/mol. The van der Waals surface area contributed by atoms with E-state index >= 15 is 0 Å². The van der Waals surface area contributed by atoms with Crippen molar-refractivity contribution < 1.29 is 17.9 Å². The minimum Gasteiger partial charge on any atom is -0.474 e. The first kappa shape index (κ1) is 16.6. The Morgan fingerprint density at radius 1 is 1.04 bits per heavy atom. The Balaban J connectivity index is 1.47. The zero-order chi connectivity index (χ0) is 18.1. The summed E-state index contributed by atoms with van der Waals surface area (Å²) in [7, 11) is 0. The van der Waals surface area contributed by atoms with Crippen molar-refractivity contribution >= 4 is 11.5 Å². The van der Waals surface area contributed by atoms with Gasteiger partial charge in [-0.1, -0.05) is 6.07 Å². The summed E-state index contributed by atoms with van der Waals surface area (Å²) in [5.41, 5.74) is 0.0643. The number of aromatic nitrogens is 5. The molecule has 0 aromatic carbocycles. The number of fused-ring (bicyclic) bond motifs is 1. The molecule has 1 aliphatic heterocycles. The highest BCUT2D eigenvalue weighted by Crippen LogP contribution is 2.28. The topological polar surface area (TPSA) is 68.4 Å². The van der Waals surface area contributed by atoms with Gasteiger partial charge in [0.05, 0.1) is 0 Å². The average molecular weight is 364 g/mol. The van der Waals surface area contributed by atoms with Crippen LogP contribution >= 0.6 is 0 Å². The highest BCUT2D eigenvalue weighted by Gasteiger charge is 2.38. The van der Waals surface area contributed by atoms with E-state index in [1.807, 2.05) is 17.0 Å². The molecule has 0 amide bonds. The molecule has 136 valence electrons. The number of nitrogens with zero attached hydrogens (tertiary/aromatic N) is 6. The maximum atomic E-state index is 13.0. The second-order valence-corrected chi connectivity index (χ2v) is 5.96. The van der Waals surface area contributed by atoms with E-state index in [1.165, 1.54) is 6.07 Å². The number of alkyl halides is 3. The summed E-state index contributed by atoms with van der Waals surface area (Å²) < 4.78 is 45.5. The second-order valence-electron chi connectivity index (χ2n) is 5.96. The van der Waals surface area contributed by atoms with Crippen LogP contribution in [0, 0.1) is 0 Å². The molecule has 0 saturated carbocycles. The van der Waals surface area contributed by atoms with Crippen molar-refractivity contribution in [2.75, 3.05) is 18.0 Å². The first-order valence-corrected chi connectivity index (χ1v) is 8.13. The van der Waals surface area contributed by atoms with Crippen molar-refractivity contribution in [2.45, 2.75) is 25.1 Å². The Bertz CT molecular complexity index is 890. The van der Waals surface area contributed by atoms with Gasteiger partial charge in [-0.05, 0) is 18.2 Å². The lowest BCUT2D eigenvalue weighted by Crippen LogP contribution is -2.39. The third kappa shape index (κ3) is 3.26. The van der Waals surface area contributed by atoms with Gasteiger partial charge in [-0.2, -0.15) is 17.7 Å². The molecule has 4 heterocycles. The SMILES string of the molecule is FC(F)(F)c1nnc2ccc(N3CCC(Oc4ccccn4)CC3)nn12. The molecule has 7 nitrogen and oxygen atoms in total. The Kier molecular flexibility index (Phi) is 4.09. The van der Waals surface area contributed by atoms with Gasteiger partial charge in [0, 0.05) is 38.2 Å². The molecular weight excluding hydrogens is 349 g/mol. The smallest absolute Gasteiger partial charge is 0.453 e. The molecule has 0 bridgehead atoms. The van der Waals surface area contributed by atoms with Gasteiger partial charge in [0.2, 0.25) is 5.88 Å². The molecule has 1 aliphatic rings. The van der Waals surface area contributed by atoms with Gasteiger partial charge >= 0.3 is 6.18 Å². The first-order valence-electron chi connectivity index (χ1n) is 8.13. The van der Waals surface area contributed by atoms with Crippen LogP contribution in [0.15, 0.2) is 36.5 Å². The number of piperidine rings is 1. The average Bonchev–Trinajstić information content (AvgIpc) is 3.07. The largest absolute Gasteiger partial charge is 0.474 e. The van der Waals surface area contributed by atoms with E-state index < -0.39 is 12.0 Å². The fraction of sp³-hybridized carbons (Fsp3) is 0.375. The van der Waals surface area contributed by atoms with Crippen LogP contribution in [0.25, 0.3) is 5.65 Å². The third-order valence-corrected chi connectivity index (χ3v) is 4.19. The lowest BCUT2D eigenvalue weighted by molar-refractivity contribution is -0.146. The van der Waals surface area contributed by atoms with Crippen LogP contribution in [0.4, 0.5) is 19.0 Å². The lowest BCUT2D eigenvalue weighted by atomic mass is 10.1. The second kappa shape index (κ2) is 6.43. The number of ether oxygens (including phenoxy) is 1. The van der Waals surface area contributed by atoms with E-state index in [-0.39, 0.29) is 11.8 Å². The van der Waals surface area contributed by atoms with Crippen LogP contribution in [-0.4, -0.2) is 44.0 Å². The minimum absolute atomic E-state index is 0.0190. The number of rotatable bonds is 3. The van der Waals surface area contributed by atoms with Gasteiger partial charge in [-0.15, -0.1) is 15.3 Å². The zero-order valence-electron chi connectivity index (χ0n) is 13.6. The van der Waals surface area contributed by atoms with Gasteiger partial charge in [-0.3, -0.25) is 0 Å². The van der Waals surface area contributed by atoms with Crippen LogP contribution in [-0.2, 0) is 6.18 Å². The van der Waals surface area contributed by atoms with E-state index in [0.29, 0.717) is 24.8 Å². The molecule has 4 rings (SSSR count). The molecular formula is C16H15F3N6O. The molecule has 0 atom stereocenters. The van der Waals surface area contributed by atoms with Gasteiger partial charge in [0.1, 0.15) is 11.9 Å². The van der Waals surface area contributed by atoms with E-state index in [1.54, 1.807) is 18.3 Å². The predicted molar refractivity (Wildman–Crippen MR) is 85.9 cm³/mol. The highest BCUT2D eigenvalue weighted by atomic mass is 19.4. The Labute approximate surface area is 146 Å². The van der Waals surface area contributed by atoms with Crippen LogP contribution < -0.4 is 9.64 Å². The molecule has 0 radical (unpaired) electrons. The number of anilines is 1. The van der Waals surface area contributed by atoms with Crippen molar-refractivity contribution in [3.05, 3.63) is 42.4 Å². The summed E-state index contributed by atoms with van der Waals surface area (Å²) in [4.78, 5) is 6.07. The van der Waals surface area contributed by atoms with Crippen molar-refractivity contribution in [1.29, 1.82) is 0 Å². The van der Waals surface area contributed by atoms with Crippen LogP contribution in [0.5, 0.6) is 5.88 Å². The molecule has 26 heavy (non-hydrogen) atoms. The van der Waals surface area contributed by atoms with Crippen molar-refractivity contribution in [3.8, 4) is 5.88 Å². The quantitative estimate of drug-likeness (QED) is 0.712. The van der Waals surface area contributed by atoms with E-state index in [9.17, 15) is 13.2 Å². The summed E-state index contributed by atoms with van der Waals surface area (Å²) in [5, 5.41) is 10.8. The molecule has 0 unspecified atom stereocenters.